The van der Waals surface area contributed by atoms with Crippen molar-refractivity contribution in [3.63, 3.8) is 0 Å². The Labute approximate surface area is 125 Å². The molecule has 0 spiro atoms. The molecule has 2 nitrogen and oxygen atoms in total. The van der Waals surface area contributed by atoms with Crippen molar-refractivity contribution < 1.29 is 9.53 Å². The van der Waals surface area contributed by atoms with E-state index < -0.39 is 0 Å². The average Bonchev–Trinajstić information content (AvgIpc) is 2.98. The van der Waals surface area contributed by atoms with Crippen LogP contribution in [-0.2, 0) is 9.53 Å². The Morgan fingerprint density at radius 3 is 2.35 bits per heavy atom. The number of hydrogen-bond acceptors (Lipinski definition) is 2. The van der Waals surface area contributed by atoms with Crippen molar-refractivity contribution in [3.05, 3.63) is 0 Å². The van der Waals surface area contributed by atoms with Crippen LogP contribution in [0.1, 0.15) is 90.4 Å². The summed E-state index contributed by atoms with van der Waals surface area (Å²) in [4.78, 5) is 11.9. The molecule has 118 valence electrons. The second-order valence-corrected chi connectivity index (χ2v) is 6.50. The van der Waals surface area contributed by atoms with E-state index in [-0.39, 0.29) is 11.9 Å². The van der Waals surface area contributed by atoms with Gasteiger partial charge in [0.25, 0.3) is 0 Å². The molecular formula is C18H34O2. The largest absolute Gasteiger partial charge is 0.469 e. The van der Waals surface area contributed by atoms with Gasteiger partial charge in [-0.3, -0.25) is 4.79 Å². The van der Waals surface area contributed by atoms with Gasteiger partial charge in [0.05, 0.1) is 13.0 Å². The minimum atomic E-state index is 0.0246. The van der Waals surface area contributed by atoms with Gasteiger partial charge in [0.2, 0.25) is 0 Å². The first-order valence-corrected chi connectivity index (χ1v) is 8.85. The summed E-state index contributed by atoms with van der Waals surface area (Å²) >= 11 is 0. The predicted molar refractivity (Wildman–Crippen MR) is 84.7 cm³/mol. The van der Waals surface area contributed by atoms with Crippen molar-refractivity contribution >= 4 is 5.97 Å². The van der Waals surface area contributed by atoms with Crippen LogP contribution in [0.2, 0.25) is 0 Å². The van der Waals surface area contributed by atoms with Crippen LogP contribution in [0.4, 0.5) is 0 Å². The van der Waals surface area contributed by atoms with Crippen LogP contribution in [0.15, 0.2) is 0 Å². The van der Waals surface area contributed by atoms with E-state index in [2.05, 4.69) is 6.92 Å². The van der Waals surface area contributed by atoms with Crippen molar-refractivity contribution in [1.82, 2.24) is 0 Å². The summed E-state index contributed by atoms with van der Waals surface area (Å²) in [7, 11) is 1.53. The van der Waals surface area contributed by atoms with Crippen LogP contribution in [0.25, 0.3) is 0 Å². The molecule has 1 rings (SSSR count). The molecule has 0 saturated heterocycles. The summed E-state index contributed by atoms with van der Waals surface area (Å²) in [6.07, 6.45) is 16.6. The number of esters is 1. The van der Waals surface area contributed by atoms with E-state index in [9.17, 15) is 4.79 Å². The number of carbonyl (C=O) groups excluding carboxylic acids is 1. The zero-order valence-electron chi connectivity index (χ0n) is 13.7. The smallest absolute Gasteiger partial charge is 0.308 e. The molecule has 0 aromatic carbocycles. The molecule has 0 aliphatic heterocycles. The van der Waals surface area contributed by atoms with Crippen LogP contribution in [-0.4, -0.2) is 13.1 Å². The molecule has 20 heavy (non-hydrogen) atoms. The van der Waals surface area contributed by atoms with Gasteiger partial charge in [-0.05, 0) is 25.2 Å². The second kappa shape index (κ2) is 11.2. The molecule has 0 radical (unpaired) electrons. The second-order valence-electron chi connectivity index (χ2n) is 6.50. The highest BCUT2D eigenvalue weighted by molar-refractivity contribution is 5.72. The fourth-order valence-electron chi connectivity index (χ4n) is 3.45. The minimum Gasteiger partial charge on any atom is -0.469 e. The molecular weight excluding hydrogens is 248 g/mol. The highest BCUT2D eigenvalue weighted by atomic mass is 16.5. The minimum absolute atomic E-state index is 0.0246. The fraction of sp³-hybridized carbons (Fsp3) is 0.944. The van der Waals surface area contributed by atoms with E-state index in [1.165, 1.54) is 77.7 Å². The SMILES string of the molecule is CCCCCCCCC(CCC1CCCC1)C(=O)OC. The topological polar surface area (TPSA) is 26.3 Å². The average molecular weight is 282 g/mol. The van der Waals surface area contributed by atoms with Crippen LogP contribution in [0.5, 0.6) is 0 Å². The van der Waals surface area contributed by atoms with Gasteiger partial charge < -0.3 is 4.74 Å². The summed E-state index contributed by atoms with van der Waals surface area (Å²) in [5, 5.41) is 0. The fourth-order valence-corrected chi connectivity index (χ4v) is 3.45. The predicted octanol–water partition coefficient (Wildman–Crippen LogP) is 5.50. The summed E-state index contributed by atoms with van der Waals surface area (Å²) < 4.78 is 4.98. The number of methoxy groups -OCH3 is 1. The maximum atomic E-state index is 11.9. The van der Waals surface area contributed by atoms with Gasteiger partial charge in [0.1, 0.15) is 0 Å². The molecule has 0 aromatic heterocycles. The molecule has 0 amide bonds. The molecule has 2 heteroatoms. The molecule has 1 unspecified atom stereocenters. The maximum absolute atomic E-state index is 11.9. The summed E-state index contributed by atoms with van der Waals surface area (Å²) in [5.41, 5.74) is 0. The Morgan fingerprint density at radius 1 is 1.05 bits per heavy atom. The summed E-state index contributed by atoms with van der Waals surface area (Å²) in [6, 6.07) is 0. The van der Waals surface area contributed by atoms with E-state index in [0.717, 1.165) is 18.8 Å². The molecule has 1 fully saturated rings. The van der Waals surface area contributed by atoms with Crippen molar-refractivity contribution in [2.75, 3.05) is 7.11 Å². The van der Waals surface area contributed by atoms with Gasteiger partial charge >= 0.3 is 5.97 Å². The Balaban J connectivity index is 2.16. The number of hydrogen-bond donors (Lipinski definition) is 0. The van der Waals surface area contributed by atoms with Crippen molar-refractivity contribution in [2.45, 2.75) is 90.4 Å². The van der Waals surface area contributed by atoms with Crippen molar-refractivity contribution in [1.29, 1.82) is 0 Å². The lowest BCUT2D eigenvalue weighted by molar-refractivity contribution is -0.146. The highest BCUT2D eigenvalue weighted by Crippen LogP contribution is 2.31. The maximum Gasteiger partial charge on any atom is 0.308 e. The van der Waals surface area contributed by atoms with E-state index >= 15 is 0 Å². The third-order valence-corrected chi connectivity index (χ3v) is 4.84. The van der Waals surface area contributed by atoms with E-state index in [1.807, 2.05) is 0 Å². The van der Waals surface area contributed by atoms with Crippen LogP contribution >= 0.6 is 0 Å². The summed E-state index contributed by atoms with van der Waals surface area (Å²) in [5.74, 6) is 1.06. The first-order chi connectivity index (χ1) is 9.77. The number of rotatable bonds is 11. The third kappa shape index (κ3) is 7.31. The molecule has 1 saturated carbocycles. The first kappa shape index (κ1) is 17.5. The number of unbranched alkanes of at least 4 members (excludes halogenated alkanes) is 5. The van der Waals surface area contributed by atoms with Gasteiger partial charge in [-0.2, -0.15) is 0 Å². The van der Waals surface area contributed by atoms with Gasteiger partial charge in [-0.25, -0.2) is 0 Å². The number of carbonyl (C=O) groups is 1. The third-order valence-electron chi connectivity index (χ3n) is 4.84. The lowest BCUT2D eigenvalue weighted by atomic mass is 9.91. The van der Waals surface area contributed by atoms with Gasteiger partial charge in [-0.15, -0.1) is 0 Å². The van der Waals surface area contributed by atoms with Crippen LogP contribution < -0.4 is 0 Å². The lowest BCUT2D eigenvalue weighted by Crippen LogP contribution is -2.17. The molecule has 1 atom stereocenters. The van der Waals surface area contributed by atoms with Crippen LogP contribution in [0.3, 0.4) is 0 Å². The van der Waals surface area contributed by atoms with Crippen molar-refractivity contribution in [3.8, 4) is 0 Å². The standard InChI is InChI=1S/C18H34O2/c1-3-4-5-6-7-8-13-17(18(19)20-2)15-14-16-11-9-10-12-16/h16-17H,3-15H2,1-2H3. The lowest BCUT2D eigenvalue weighted by Gasteiger charge is -2.16. The molecule has 0 heterocycles. The molecule has 0 bridgehead atoms. The van der Waals surface area contributed by atoms with E-state index in [0.29, 0.717) is 0 Å². The van der Waals surface area contributed by atoms with Crippen LogP contribution in [0, 0.1) is 11.8 Å². The Morgan fingerprint density at radius 2 is 1.70 bits per heavy atom. The zero-order chi connectivity index (χ0) is 14.6. The van der Waals surface area contributed by atoms with Gasteiger partial charge in [0, 0.05) is 0 Å². The molecule has 1 aliphatic carbocycles. The Kier molecular flexibility index (Phi) is 9.78. The molecule has 0 aromatic rings. The monoisotopic (exact) mass is 282 g/mol. The highest BCUT2D eigenvalue weighted by Gasteiger charge is 2.22. The van der Waals surface area contributed by atoms with E-state index in [4.69, 9.17) is 4.74 Å². The normalized spacial score (nSPS) is 17.3. The Hall–Kier alpha value is -0.530. The van der Waals surface area contributed by atoms with Crippen molar-refractivity contribution in [2.24, 2.45) is 11.8 Å². The van der Waals surface area contributed by atoms with Gasteiger partial charge in [0.15, 0.2) is 0 Å². The quantitative estimate of drug-likeness (QED) is 0.369. The van der Waals surface area contributed by atoms with Gasteiger partial charge in [-0.1, -0.05) is 71.1 Å². The Bertz CT molecular complexity index is 244. The molecule has 1 aliphatic rings. The van der Waals surface area contributed by atoms with E-state index in [1.54, 1.807) is 0 Å². The molecule has 0 N–H and O–H groups in total. The summed E-state index contributed by atoms with van der Waals surface area (Å²) in [6.45, 7) is 2.25. The number of ether oxygens (including phenoxy) is 1. The zero-order valence-corrected chi connectivity index (χ0v) is 13.7. The first-order valence-electron chi connectivity index (χ1n) is 8.85.